The summed E-state index contributed by atoms with van der Waals surface area (Å²) in [4.78, 5) is 0. The Kier molecular flexibility index (Phi) is 4.39. The molecule has 2 nitrogen and oxygen atoms in total. The molecule has 0 spiro atoms. The van der Waals surface area contributed by atoms with E-state index < -0.39 is 0 Å². The van der Waals surface area contributed by atoms with Gasteiger partial charge >= 0.3 is 0 Å². The molecule has 0 heterocycles. The lowest BCUT2D eigenvalue weighted by molar-refractivity contribution is 1.27. The summed E-state index contributed by atoms with van der Waals surface area (Å²) in [5.41, 5.74) is 0.993. The SMILES string of the molecule is C=C(C)/C=C\C(I)=N/N. The summed E-state index contributed by atoms with van der Waals surface area (Å²) in [6, 6.07) is 0. The number of hydrogen-bond donors (Lipinski definition) is 1. The first kappa shape index (κ1) is 8.68. The van der Waals surface area contributed by atoms with Gasteiger partial charge in [0.05, 0.1) is 0 Å². The summed E-state index contributed by atoms with van der Waals surface area (Å²) >= 11 is 2.04. The largest absolute Gasteiger partial charge is 0.322 e. The van der Waals surface area contributed by atoms with Crippen LogP contribution in [0.25, 0.3) is 0 Å². The zero-order chi connectivity index (χ0) is 7.28. The molecule has 0 aliphatic rings. The number of allylic oxidation sites excluding steroid dienone is 3. The monoisotopic (exact) mass is 236 g/mol. The third kappa shape index (κ3) is 5.55. The first-order chi connectivity index (χ1) is 4.16. The maximum Gasteiger partial charge on any atom is 0.120 e. The van der Waals surface area contributed by atoms with E-state index in [4.69, 9.17) is 5.84 Å². The van der Waals surface area contributed by atoms with Crippen molar-refractivity contribution < 1.29 is 0 Å². The van der Waals surface area contributed by atoms with Crippen molar-refractivity contribution in [2.45, 2.75) is 6.92 Å². The average Bonchev–Trinajstić information content (AvgIpc) is 1.83. The minimum Gasteiger partial charge on any atom is -0.322 e. The third-order valence-corrected chi connectivity index (χ3v) is 1.27. The van der Waals surface area contributed by atoms with Gasteiger partial charge in [0, 0.05) is 0 Å². The number of nitrogens with two attached hydrogens (primary N) is 1. The van der Waals surface area contributed by atoms with Gasteiger partial charge in [0.25, 0.3) is 0 Å². The standard InChI is InChI=1S/C6H9IN2/c1-5(2)3-4-6(7)9-8/h3-4H,1,8H2,2H3/b4-3-,9-6+. The molecule has 0 aliphatic heterocycles. The lowest BCUT2D eigenvalue weighted by Gasteiger charge is -1.84. The molecule has 0 aromatic heterocycles. The predicted molar refractivity (Wildman–Crippen MR) is 49.6 cm³/mol. The van der Waals surface area contributed by atoms with Gasteiger partial charge in [-0.25, -0.2) is 0 Å². The van der Waals surface area contributed by atoms with Gasteiger partial charge in [0.15, 0.2) is 0 Å². The highest BCUT2D eigenvalue weighted by atomic mass is 127. The molecule has 0 radical (unpaired) electrons. The van der Waals surface area contributed by atoms with Crippen LogP contribution < -0.4 is 5.84 Å². The molecule has 0 bridgehead atoms. The van der Waals surface area contributed by atoms with Crippen LogP contribution in [-0.2, 0) is 0 Å². The number of halogens is 1. The van der Waals surface area contributed by atoms with E-state index in [9.17, 15) is 0 Å². The minimum atomic E-state index is 0.774. The van der Waals surface area contributed by atoms with E-state index in [1.54, 1.807) is 0 Å². The topological polar surface area (TPSA) is 38.4 Å². The second kappa shape index (κ2) is 4.55. The van der Waals surface area contributed by atoms with E-state index in [0.29, 0.717) is 0 Å². The van der Waals surface area contributed by atoms with Gasteiger partial charge in [-0.3, -0.25) is 0 Å². The predicted octanol–water partition coefficient (Wildman–Crippen LogP) is 1.83. The Balaban J connectivity index is 3.86. The van der Waals surface area contributed by atoms with Crippen LogP contribution >= 0.6 is 22.6 Å². The summed E-state index contributed by atoms with van der Waals surface area (Å²) in [5, 5.41) is 3.44. The van der Waals surface area contributed by atoms with Crippen LogP contribution in [0.1, 0.15) is 6.92 Å². The fraction of sp³-hybridized carbons (Fsp3) is 0.167. The van der Waals surface area contributed by atoms with Gasteiger partial charge < -0.3 is 5.84 Å². The molecule has 50 valence electrons. The molecule has 9 heavy (non-hydrogen) atoms. The minimum absolute atomic E-state index is 0.774. The highest BCUT2D eigenvalue weighted by Crippen LogP contribution is 1.94. The first-order valence-corrected chi connectivity index (χ1v) is 3.51. The summed E-state index contributed by atoms with van der Waals surface area (Å²) in [5.74, 6) is 4.96. The van der Waals surface area contributed by atoms with Crippen LogP contribution in [0.2, 0.25) is 0 Å². The van der Waals surface area contributed by atoms with Gasteiger partial charge in [0.1, 0.15) is 3.72 Å². The Morgan fingerprint density at radius 1 is 1.67 bits per heavy atom. The molecule has 2 N–H and O–H groups in total. The fourth-order valence-corrected chi connectivity index (χ4v) is 0.434. The maximum absolute atomic E-state index is 4.96. The highest BCUT2D eigenvalue weighted by molar-refractivity contribution is 14.1. The number of nitrogens with zero attached hydrogens (tertiary/aromatic N) is 1. The molecule has 3 heteroatoms. The normalized spacial score (nSPS) is 12.4. The summed E-state index contributed by atoms with van der Waals surface area (Å²) < 4.78 is 0.774. The van der Waals surface area contributed by atoms with E-state index >= 15 is 0 Å². The van der Waals surface area contributed by atoms with Gasteiger partial charge in [-0.15, -0.1) is 0 Å². The van der Waals surface area contributed by atoms with Crippen molar-refractivity contribution in [3.63, 3.8) is 0 Å². The van der Waals surface area contributed by atoms with Crippen LogP contribution in [0.3, 0.4) is 0 Å². The Morgan fingerprint density at radius 3 is 2.56 bits per heavy atom. The number of hydrogen-bond acceptors (Lipinski definition) is 2. The van der Waals surface area contributed by atoms with Crippen LogP contribution in [-0.4, -0.2) is 3.72 Å². The molecular formula is C6H9IN2. The van der Waals surface area contributed by atoms with E-state index in [0.717, 1.165) is 9.29 Å². The number of hydrazone groups is 1. The molecule has 0 unspecified atom stereocenters. The molecule has 0 amide bonds. The van der Waals surface area contributed by atoms with E-state index in [2.05, 4.69) is 11.7 Å². The molecule has 0 rings (SSSR count). The van der Waals surface area contributed by atoms with Crippen molar-refractivity contribution in [3.8, 4) is 0 Å². The third-order valence-electron chi connectivity index (χ3n) is 0.629. The zero-order valence-electron chi connectivity index (χ0n) is 5.26. The number of rotatable bonds is 2. The molecule has 0 saturated carbocycles. The quantitative estimate of drug-likeness (QED) is 0.256. The lowest BCUT2D eigenvalue weighted by Crippen LogP contribution is -1.86. The highest BCUT2D eigenvalue weighted by Gasteiger charge is 1.80. The zero-order valence-corrected chi connectivity index (χ0v) is 7.42. The maximum atomic E-state index is 4.96. The summed E-state index contributed by atoms with van der Waals surface area (Å²) in [7, 11) is 0. The van der Waals surface area contributed by atoms with Crippen LogP contribution in [0.15, 0.2) is 29.4 Å². The van der Waals surface area contributed by atoms with Crippen molar-refractivity contribution in [2.75, 3.05) is 0 Å². The van der Waals surface area contributed by atoms with E-state index in [1.165, 1.54) is 0 Å². The van der Waals surface area contributed by atoms with Crippen LogP contribution in [0.5, 0.6) is 0 Å². The molecule has 0 atom stereocenters. The van der Waals surface area contributed by atoms with Crippen LogP contribution in [0, 0.1) is 0 Å². The Morgan fingerprint density at radius 2 is 2.22 bits per heavy atom. The molecule has 0 aromatic rings. The van der Waals surface area contributed by atoms with Gasteiger partial charge in [-0.1, -0.05) is 18.2 Å². The van der Waals surface area contributed by atoms with Crippen molar-refractivity contribution in [1.82, 2.24) is 0 Å². The smallest absolute Gasteiger partial charge is 0.120 e. The molecule has 0 saturated heterocycles. The van der Waals surface area contributed by atoms with Crippen molar-refractivity contribution in [2.24, 2.45) is 10.9 Å². The van der Waals surface area contributed by atoms with Crippen LogP contribution in [0.4, 0.5) is 0 Å². The van der Waals surface area contributed by atoms with Crippen molar-refractivity contribution in [3.05, 3.63) is 24.3 Å². The molecular weight excluding hydrogens is 227 g/mol. The Hall–Kier alpha value is -0.320. The lowest BCUT2D eigenvalue weighted by atomic mass is 10.3. The second-order valence-electron chi connectivity index (χ2n) is 1.63. The van der Waals surface area contributed by atoms with Crippen molar-refractivity contribution in [1.29, 1.82) is 0 Å². The Bertz CT molecular complexity index is 158. The fourth-order valence-electron chi connectivity index (χ4n) is 0.254. The molecule has 0 aliphatic carbocycles. The van der Waals surface area contributed by atoms with Gasteiger partial charge in [0.2, 0.25) is 0 Å². The van der Waals surface area contributed by atoms with Gasteiger partial charge in [-0.2, -0.15) is 5.10 Å². The summed E-state index contributed by atoms with van der Waals surface area (Å²) in [6.07, 6.45) is 3.67. The van der Waals surface area contributed by atoms with E-state index in [-0.39, 0.29) is 0 Å². The Labute approximate surface area is 68.7 Å². The van der Waals surface area contributed by atoms with Gasteiger partial charge in [-0.05, 0) is 35.6 Å². The average molecular weight is 236 g/mol. The van der Waals surface area contributed by atoms with E-state index in [1.807, 2.05) is 41.7 Å². The molecule has 0 fully saturated rings. The molecule has 0 aromatic carbocycles. The summed E-state index contributed by atoms with van der Waals surface area (Å²) in [6.45, 7) is 5.59. The second-order valence-corrected chi connectivity index (χ2v) is 2.74. The van der Waals surface area contributed by atoms with Crippen molar-refractivity contribution >= 4 is 26.3 Å². The first-order valence-electron chi connectivity index (χ1n) is 2.44.